The van der Waals surface area contributed by atoms with E-state index in [0.717, 1.165) is 128 Å². The molecule has 0 saturated carbocycles. The number of allylic oxidation sites excluding steroid dienone is 19. The van der Waals surface area contributed by atoms with Crippen molar-refractivity contribution in [3.8, 4) is 0 Å². The van der Waals surface area contributed by atoms with Crippen molar-refractivity contribution in [2.75, 3.05) is 40.9 Å². The van der Waals surface area contributed by atoms with E-state index in [4.69, 9.17) is 13.8 Å². The summed E-state index contributed by atoms with van der Waals surface area (Å²) >= 11 is 0. The van der Waals surface area contributed by atoms with Gasteiger partial charge in [0.1, 0.15) is 19.3 Å². The van der Waals surface area contributed by atoms with Crippen LogP contribution in [0.3, 0.4) is 0 Å². The number of carbonyl (C=O) groups excluding carboxylic acids is 2. The molecule has 0 saturated heterocycles. The number of amides is 1. The zero-order valence-corrected chi connectivity index (χ0v) is 53.8. The molecule has 1 amide bonds. The Labute approximate surface area is 499 Å². The van der Waals surface area contributed by atoms with E-state index in [9.17, 15) is 19.0 Å². The standard InChI is InChI=1S/C71H123N2O7P/c1-7-10-13-16-19-22-25-27-29-31-33-35-36-38-40-42-44-46-49-52-55-58-61-64-71(75)80-69(62-59-56-53-50-47-24-21-18-15-12-9-3)68(67-79-81(76,77)78-66-65-73(4,5)6)72-70(74)63-60-57-54-51-48-45-43-41-39-37-34-32-30-28-26-23-20-17-14-11-8-2/h10,13,19-20,22-23,27-30,33-35,37-38,40-41,43,59,62,68-69H,7-9,11-12,14-18,21,24-26,31-32,36,39,42,44-58,60-61,63-67H2,1-6H3,(H-,72,74,76,77)/b13-10-,22-19-,23-20-,29-27-,30-28-,35-33-,37-34-,40-38-,43-41-,62-59+. The van der Waals surface area contributed by atoms with Crippen LogP contribution in [0.4, 0.5) is 0 Å². The molecule has 0 radical (unpaired) electrons. The Morgan fingerprint density at radius 1 is 0.444 bits per heavy atom. The van der Waals surface area contributed by atoms with Crippen LogP contribution in [-0.2, 0) is 27.9 Å². The minimum absolute atomic E-state index is 0.0347. The molecule has 9 nitrogen and oxygen atoms in total. The van der Waals surface area contributed by atoms with Crippen LogP contribution >= 0.6 is 7.82 Å². The van der Waals surface area contributed by atoms with Crippen LogP contribution in [0.25, 0.3) is 0 Å². The molecule has 0 aliphatic heterocycles. The summed E-state index contributed by atoms with van der Waals surface area (Å²) in [5.41, 5.74) is 0. The molecule has 0 aliphatic rings. The Morgan fingerprint density at radius 2 is 0.790 bits per heavy atom. The molecule has 81 heavy (non-hydrogen) atoms. The first kappa shape index (κ1) is 77.4. The first-order chi connectivity index (χ1) is 39.4. The summed E-state index contributed by atoms with van der Waals surface area (Å²) in [5, 5.41) is 3.02. The Kier molecular flexibility index (Phi) is 56.9. The molecular formula is C71H123N2O7P. The molecule has 0 aromatic rings. The third-order valence-electron chi connectivity index (χ3n) is 13.9. The second-order valence-electron chi connectivity index (χ2n) is 22.9. The van der Waals surface area contributed by atoms with Gasteiger partial charge in [-0.25, -0.2) is 0 Å². The average Bonchev–Trinajstić information content (AvgIpc) is 3.44. The quantitative estimate of drug-likeness (QED) is 0.0212. The van der Waals surface area contributed by atoms with Crippen molar-refractivity contribution >= 4 is 19.7 Å². The minimum atomic E-state index is -4.72. The van der Waals surface area contributed by atoms with Crippen molar-refractivity contribution in [1.29, 1.82) is 0 Å². The smallest absolute Gasteiger partial charge is 0.306 e. The third-order valence-corrected chi connectivity index (χ3v) is 14.8. The summed E-state index contributed by atoms with van der Waals surface area (Å²) in [6.45, 7) is 6.67. The number of hydrogen-bond acceptors (Lipinski definition) is 7. The van der Waals surface area contributed by atoms with Crippen LogP contribution in [0.2, 0.25) is 0 Å². The number of ether oxygens (including phenoxy) is 1. The van der Waals surface area contributed by atoms with Gasteiger partial charge < -0.3 is 28.5 Å². The van der Waals surface area contributed by atoms with Gasteiger partial charge in [0.05, 0.1) is 33.8 Å². The number of phosphoric acid groups is 1. The fourth-order valence-electron chi connectivity index (χ4n) is 8.83. The predicted octanol–water partition coefficient (Wildman–Crippen LogP) is 20.0. The lowest BCUT2D eigenvalue weighted by molar-refractivity contribution is -0.870. The van der Waals surface area contributed by atoms with Crippen molar-refractivity contribution in [1.82, 2.24) is 5.32 Å². The van der Waals surface area contributed by atoms with Gasteiger partial charge in [0.2, 0.25) is 5.91 Å². The Morgan fingerprint density at radius 3 is 1.21 bits per heavy atom. The summed E-state index contributed by atoms with van der Waals surface area (Å²) in [6, 6.07) is -0.912. The number of phosphoric ester groups is 1. The monoisotopic (exact) mass is 1150 g/mol. The number of carbonyl (C=O) groups is 2. The Balaban J connectivity index is 5.22. The lowest BCUT2D eigenvalue weighted by Gasteiger charge is -2.30. The number of nitrogens with one attached hydrogen (secondary N) is 1. The molecule has 1 N–H and O–H groups in total. The normalized spacial score (nSPS) is 14.4. The highest BCUT2D eigenvalue weighted by Gasteiger charge is 2.27. The van der Waals surface area contributed by atoms with Crippen LogP contribution in [0.1, 0.15) is 265 Å². The highest BCUT2D eigenvalue weighted by molar-refractivity contribution is 7.45. The van der Waals surface area contributed by atoms with Gasteiger partial charge in [0.25, 0.3) is 7.82 Å². The zero-order valence-electron chi connectivity index (χ0n) is 52.9. The SMILES string of the molecule is CC/C=C\C/C=C\C/C=C\C/C=C\C/C=C\CCCCCCCCCC(=O)OC(/C=C/CCCCCCCCCCC)C(COP(=O)([O-])OCC[N+](C)(C)C)NC(=O)CCCCCCC/C=C\C/C=C\C/C=C\C/C=C\CCCCC. The van der Waals surface area contributed by atoms with Crippen molar-refractivity contribution in [2.45, 2.75) is 277 Å². The van der Waals surface area contributed by atoms with Crippen molar-refractivity contribution < 1.29 is 37.3 Å². The largest absolute Gasteiger partial charge is 0.756 e. The number of nitrogens with zero attached hydrogens (tertiary/aromatic N) is 1. The maximum atomic E-state index is 13.6. The van der Waals surface area contributed by atoms with E-state index in [2.05, 4.69) is 135 Å². The Hall–Kier alpha value is -3.59. The summed E-state index contributed by atoms with van der Waals surface area (Å²) in [5.74, 6) is -0.581. The van der Waals surface area contributed by atoms with Gasteiger partial charge >= 0.3 is 5.97 Å². The van der Waals surface area contributed by atoms with Gasteiger partial charge in [-0.2, -0.15) is 0 Å². The van der Waals surface area contributed by atoms with E-state index in [1.807, 2.05) is 33.3 Å². The molecule has 0 bridgehead atoms. The van der Waals surface area contributed by atoms with Crippen LogP contribution in [0.15, 0.2) is 122 Å². The maximum absolute atomic E-state index is 13.6. The van der Waals surface area contributed by atoms with E-state index in [1.54, 1.807) is 0 Å². The first-order valence-corrected chi connectivity index (χ1v) is 34.3. The van der Waals surface area contributed by atoms with Gasteiger partial charge in [0.15, 0.2) is 0 Å². The molecule has 10 heteroatoms. The van der Waals surface area contributed by atoms with E-state index in [1.165, 1.54) is 89.9 Å². The van der Waals surface area contributed by atoms with Crippen LogP contribution in [0, 0.1) is 0 Å². The Bertz CT molecular complexity index is 1800. The maximum Gasteiger partial charge on any atom is 0.306 e. The van der Waals surface area contributed by atoms with E-state index >= 15 is 0 Å². The van der Waals surface area contributed by atoms with Gasteiger partial charge in [-0.15, -0.1) is 0 Å². The lowest BCUT2D eigenvalue weighted by atomic mass is 10.1. The molecule has 0 aromatic heterocycles. The van der Waals surface area contributed by atoms with Crippen LogP contribution in [-0.4, -0.2) is 69.4 Å². The molecule has 0 fully saturated rings. The molecule has 3 atom stereocenters. The third kappa shape index (κ3) is 60.8. The number of esters is 1. The molecule has 0 aliphatic carbocycles. The zero-order chi connectivity index (χ0) is 59.3. The predicted molar refractivity (Wildman–Crippen MR) is 348 cm³/mol. The number of unbranched alkanes of at least 4 members (excludes halogenated alkanes) is 24. The van der Waals surface area contributed by atoms with Crippen molar-refractivity contribution in [2.24, 2.45) is 0 Å². The summed E-state index contributed by atoms with van der Waals surface area (Å²) in [7, 11) is 1.15. The molecular weight excluding hydrogens is 1020 g/mol. The fraction of sp³-hybridized carbons (Fsp3) is 0.690. The second kappa shape index (κ2) is 59.6. The second-order valence-corrected chi connectivity index (χ2v) is 24.3. The summed E-state index contributed by atoms with van der Waals surface area (Å²) in [6.07, 6.45) is 83.1. The molecule has 464 valence electrons. The van der Waals surface area contributed by atoms with Gasteiger partial charge in [-0.3, -0.25) is 14.2 Å². The van der Waals surface area contributed by atoms with Crippen molar-refractivity contribution in [3.05, 3.63) is 122 Å². The number of likely N-dealkylation sites (N-methyl/N-ethyl adjacent to an activating group) is 1. The lowest BCUT2D eigenvalue weighted by Crippen LogP contribution is -2.47. The van der Waals surface area contributed by atoms with Crippen LogP contribution in [0.5, 0.6) is 0 Å². The minimum Gasteiger partial charge on any atom is -0.756 e. The number of quaternary nitrogens is 1. The summed E-state index contributed by atoms with van der Waals surface area (Å²) in [4.78, 5) is 40.1. The topological polar surface area (TPSA) is 114 Å². The van der Waals surface area contributed by atoms with Gasteiger partial charge in [-0.05, 0) is 122 Å². The van der Waals surface area contributed by atoms with Gasteiger partial charge in [0, 0.05) is 12.8 Å². The molecule has 3 unspecified atom stereocenters. The highest BCUT2D eigenvalue weighted by atomic mass is 31.2. The summed E-state index contributed by atoms with van der Waals surface area (Å²) < 4.78 is 30.3. The van der Waals surface area contributed by atoms with E-state index in [0.29, 0.717) is 23.9 Å². The van der Waals surface area contributed by atoms with E-state index in [-0.39, 0.29) is 31.3 Å². The fourth-order valence-corrected chi connectivity index (χ4v) is 9.55. The first-order valence-electron chi connectivity index (χ1n) is 32.8. The molecule has 0 aromatic carbocycles. The van der Waals surface area contributed by atoms with Crippen molar-refractivity contribution in [3.63, 3.8) is 0 Å². The number of hydrogen-bond donors (Lipinski definition) is 1. The average molecular weight is 1150 g/mol. The molecule has 0 rings (SSSR count). The van der Waals surface area contributed by atoms with Crippen LogP contribution < -0.4 is 10.2 Å². The highest BCUT2D eigenvalue weighted by Crippen LogP contribution is 2.38. The molecule has 0 spiro atoms. The van der Waals surface area contributed by atoms with E-state index < -0.39 is 26.6 Å². The molecule has 0 heterocycles. The number of rotatable bonds is 58. The van der Waals surface area contributed by atoms with Gasteiger partial charge in [-0.1, -0.05) is 252 Å².